The number of halogens is 1. The number of nitrogens with one attached hydrogen (secondary N) is 1. The molecule has 1 unspecified atom stereocenters. The van der Waals surface area contributed by atoms with Crippen LogP contribution < -0.4 is 10.5 Å². The molecule has 0 amide bonds. The number of anilines is 1. The average Bonchev–Trinajstić information content (AvgIpc) is 3.13. The third-order valence-corrected chi connectivity index (χ3v) is 4.69. The van der Waals surface area contributed by atoms with Crippen LogP contribution in [0.2, 0.25) is 0 Å². The van der Waals surface area contributed by atoms with E-state index in [9.17, 15) is 9.18 Å². The number of nitrogens with zero attached hydrogens (tertiary/aromatic N) is 4. The minimum Gasteiger partial charge on any atom is -0.339 e. The second kappa shape index (κ2) is 6.68. The van der Waals surface area contributed by atoms with Crippen molar-refractivity contribution >= 4 is 17.0 Å². The topological polar surface area (TPSA) is 66.8 Å². The molecule has 7 heteroatoms. The highest BCUT2D eigenvalue weighted by atomic mass is 19.1. The van der Waals surface area contributed by atoms with E-state index < -0.39 is 0 Å². The van der Waals surface area contributed by atoms with E-state index in [0.717, 1.165) is 11.3 Å². The third-order valence-electron chi connectivity index (χ3n) is 4.69. The average molecular weight is 363 g/mol. The van der Waals surface area contributed by atoms with Crippen molar-refractivity contribution in [3.63, 3.8) is 0 Å². The van der Waals surface area contributed by atoms with Crippen molar-refractivity contribution in [2.75, 3.05) is 11.9 Å². The Morgan fingerprint density at radius 3 is 2.52 bits per heavy atom. The number of hydrogen-bond acceptors (Lipinski definition) is 4. The van der Waals surface area contributed by atoms with Crippen LogP contribution in [0.3, 0.4) is 0 Å². The standard InChI is InChI=1S/C20H18FN5O/c1-13(14-8-10-15(21)11-9-14)25(2)20-23-18-17(19(27)24-20)12-22-26(18)16-6-4-3-5-7-16/h3-13H,1-2H3,(H,23,24,27). The molecule has 0 saturated carbocycles. The van der Waals surface area contributed by atoms with Gasteiger partial charge in [0.05, 0.1) is 17.9 Å². The summed E-state index contributed by atoms with van der Waals surface area (Å²) < 4.78 is 14.8. The molecule has 2 aromatic carbocycles. The van der Waals surface area contributed by atoms with Gasteiger partial charge in [-0.05, 0) is 36.8 Å². The zero-order chi connectivity index (χ0) is 19.0. The molecule has 2 aromatic heterocycles. The van der Waals surface area contributed by atoms with Crippen molar-refractivity contribution in [3.05, 3.63) is 82.5 Å². The molecule has 136 valence electrons. The fourth-order valence-corrected chi connectivity index (χ4v) is 2.98. The van der Waals surface area contributed by atoms with Gasteiger partial charge in [-0.15, -0.1) is 0 Å². The maximum Gasteiger partial charge on any atom is 0.263 e. The summed E-state index contributed by atoms with van der Waals surface area (Å²) in [7, 11) is 1.83. The van der Waals surface area contributed by atoms with Crippen molar-refractivity contribution in [2.45, 2.75) is 13.0 Å². The van der Waals surface area contributed by atoms with Crippen LogP contribution in [0.25, 0.3) is 16.7 Å². The highest BCUT2D eigenvalue weighted by Gasteiger charge is 2.18. The first-order chi connectivity index (χ1) is 13.0. The van der Waals surface area contributed by atoms with Crippen LogP contribution in [-0.2, 0) is 0 Å². The largest absolute Gasteiger partial charge is 0.339 e. The number of H-pyrrole nitrogens is 1. The first-order valence-electron chi connectivity index (χ1n) is 8.56. The Morgan fingerprint density at radius 2 is 1.81 bits per heavy atom. The number of hydrogen-bond donors (Lipinski definition) is 1. The van der Waals surface area contributed by atoms with Crippen molar-refractivity contribution < 1.29 is 4.39 Å². The molecule has 1 atom stereocenters. The van der Waals surface area contributed by atoms with E-state index in [-0.39, 0.29) is 17.4 Å². The minimum atomic E-state index is -0.284. The van der Waals surface area contributed by atoms with E-state index >= 15 is 0 Å². The molecule has 27 heavy (non-hydrogen) atoms. The summed E-state index contributed by atoms with van der Waals surface area (Å²) in [5, 5.41) is 4.74. The molecular formula is C20H18FN5O. The summed E-state index contributed by atoms with van der Waals surface area (Å²) in [5.74, 6) is 0.135. The third kappa shape index (κ3) is 3.08. The zero-order valence-electron chi connectivity index (χ0n) is 14.9. The van der Waals surface area contributed by atoms with Crippen molar-refractivity contribution in [1.82, 2.24) is 19.7 Å². The minimum absolute atomic E-state index is 0.112. The second-order valence-corrected chi connectivity index (χ2v) is 6.36. The second-order valence-electron chi connectivity index (χ2n) is 6.36. The van der Waals surface area contributed by atoms with Gasteiger partial charge in [0, 0.05) is 7.05 Å². The Kier molecular flexibility index (Phi) is 4.19. The van der Waals surface area contributed by atoms with Crippen LogP contribution in [0.15, 0.2) is 65.6 Å². The van der Waals surface area contributed by atoms with Gasteiger partial charge in [-0.1, -0.05) is 30.3 Å². The lowest BCUT2D eigenvalue weighted by molar-refractivity contribution is 0.624. The Labute approximate surface area is 154 Å². The highest BCUT2D eigenvalue weighted by molar-refractivity contribution is 5.76. The van der Waals surface area contributed by atoms with Gasteiger partial charge in [0.2, 0.25) is 5.95 Å². The fourth-order valence-electron chi connectivity index (χ4n) is 2.98. The van der Waals surface area contributed by atoms with Crippen LogP contribution in [0.4, 0.5) is 10.3 Å². The maximum absolute atomic E-state index is 13.2. The van der Waals surface area contributed by atoms with Crippen molar-refractivity contribution in [1.29, 1.82) is 0 Å². The molecule has 0 aliphatic carbocycles. The molecule has 2 heterocycles. The van der Waals surface area contributed by atoms with Gasteiger partial charge in [-0.25, -0.2) is 9.07 Å². The van der Waals surface area contributed by atoms with E-state index in [1.54, 1.807) is 16.8 Å². The fraction of sp³-hybridized carbons (Fsp3) is 0.150. The molecule has 6 nitrogen and oxygen atoms in total. The van der Waals surface area contributed by atoms with E-state index in [0.29, 0.717) is 17.0 Å². The number of aromatic amines is 1. The molecule has 0 bridgehead atoms. The van der Waals surface area contributed by atoms with E-state index in [1.807, 2.05) is 49.2 Å². The Balaban J connectivity index is 1.78. The molecule has 4 rings (SSSR count). The Bertz CT molecular complexity index is 1130. The van der Waals surface area contributed by atoms with Crippen LogP contribution in [0.5, 0.6) is 0 Å². The summed E-state index contributed by atoms with van der Waals surface area (Å²) in [5.41, 5.74) is 1.97. The summed E-state index contributed by atoms with van der Waals surface area (Å²) in [6, 6.07) is 15.7. The normalized spacial score (nSPS) is 12.3. The summed E-state index contributed by atoms with van der Waals surface area (Å²) in [6.07, 6.45) is 1.52. The molecule has 0 saturated heterocycles. The van der Waals surface area contributed by atoms with Crippen molar-refractivity contribution in [3.8, 4) is 5.69 Å². The molecule has 0 radical (unpaired) electrons. The van der Waals surface area contributed by atoms with E-state index in [1.165, 1.54) is 18.3 Å². The van der Waals surface area contributed by atoms with Gasteiger partial charge in [0.25, 0.3) is 5.56 Å². The van der Waals surface area contributed by atoms with Gasteiger partial charge in [0.15, 0.2) is 5.65 Å². The Hall–Kier alpha value is -3.48. The summed E-state index contributed by atoms with van der Waals surface area (Å²) in [6.45, 7) is 1.96. The van der Waals surface area contributed by atoms with E-state index in [2.05, 4.69) is 15.1 Å². The molecular weight excluding hydrogens is 345 g/mol. The van der Waals surface area contributed by atoms with Gasteiger partial charge >= 0.3 is 0 Å². The lowest BCUT2D eigenvalue weighted by Gasteiger charge is -2.25. The van der Waals surface area contributed by atoms with Crippen LogP contribution in [0.1, 0.15) is 18.5 Å². The highest BCUT2D eigenvalue weighted by Crippen LogP contribution is 2.23. The number of benzene rings is 2. The van der Waals surface area contributed by atoms with Crippen LogP contribution in [0, 0.1) is 5.82 Å². The number of fused-ring (bicyclic) bond motifs is 1. The molecule has 1 N–H and O–H groups in total. The van der Waals surface area contributed by atoms with Crippen molar-refractivity contribution in [2.24, 2.45) is 0 Å². The number of rotatable bonds is 4. The number of aromatic nitrogens is 4. The number of para-hydroxylation sites is 1. The lowest BCUT2D eigenvalue weighted by atomic mass is 10.1. The SMILES string of the molecule is CC(c1ccc(F)cc1)N(C)c1nc2c(cnn2-c2ccccc2)c(=O)[nH]1. The Morgan fingerprint density at radius 1 is 1.11 bits per heavy atom. The molecule has 0 fully saturated rings. The smallest absolute Gasteiger partial charge is 0.263 e. The molecule has 0 aliphatic heterocycles. The summed E-state index contributed by atoms with van der Waals surface area (Å²) >= 11 is 0. The quantitative estimate of drug-likeness (QED) is 0.603. The van der Waals surface area contributed by atoms with Gasteiger partial charge in [-0.3, -0.25) is 9.78 Å². The first kappa shape index (κ1) is 17.0. The summed E-state index contributed by atoms with van der Waals surface area (Å²) in [4.78, 5) is 21.8. The van der Waals surface area contributed by atoms with Gasteiger partial charge in [-0.2, -0.15) is 10.1 Å². The molecule has 0 aliphatic rings. The van der Waals surface area contributed by atoms with Gasteiger partial charge in [0.1, 0.15) is 11.2 Å². The monoisotopic (exact) mass is 363 g/mol. The van der Waals surface area contributed by atoms with Crippen LogP contribution in [-0.4, -0.2) is 26.8 Å². The predicted molar refractivity (Wildman–Crippen MR) is 103 cm³/mol. The lowest BCUT2D eigenvalue weighted by Crippen LogP contribution is -2.26. The van der Waals surface area contributed by atoms with Crippen LogP contribution >= 0.6 is 0 Å². The molecule has 0 spiro atoms. The predicted octanol–water partition coefficient (Wildman–Crippen LogP) is 3.45. The first-order valence-corrected chi connectivity index (χ1v) is 8.56. The molecule has 4 aromatic rings. The van der Waals surface area contributed by atoms with E-state index in [4.69, 9.17) is 0 Å². The zero-order valence-corrected chi connectivity index (χ0v) is 14.9. The maximum atomic E-state index is 13.2. The van der Waals surface area contributed by atoms with Gasteiger partial charge < -0.3 is 4.90 Å².